The molecule has 0 atom stereocenters. The molecule has 0 spiro atoms. The Morgan fingerprint density at radius 1 is 1.04 bits per heavy atom. The first kappa shape index (κ1) is 16.0. The second-order valence-corrected chi connectivity index (χ2v) is 7.43. The molecule has 0 bridgehead atoms. The number of hydrogen-bond donors (Lipinski definition) is 0. The summed E-state index contributed by atoms with van der Waals surface area (Å²) in [6, 6.07) is 18.2. The van der Waals surface area contributed by atoms with Crippen molar-refractivity contribution in [3.8, 4) is 0 Å². The lowest BCUT2D eigenvalue weighted by Crippen LogP contribution is -2.36. The molecule has 1 fully saturated rings. The quantitative estimate of drug-likeness (QED) is 0.642. The van der Waals surface area contributed by atoms with Crippen LogP contribution < -0.4 is 0 Å². The molecule has 0 saturated carbocycles. The van der Waals surface area contributed by atoms with Gasteiger partial charge < -0.3 is 4.90 Å². The Kier molecular flexibility index (Phi) is 4.61. The third-order valence-corrected chi connectivity index (χ3v) is 5.88. The highest BCUT2D eigenvalue weighted by Crippen LogP contribution is 2.33. The molecule has 4 heteroatoms. The average molecular weight is 348 g/mol. The highest BCUT2D eigenvalue weighted by molar-refractivity contribution is 7.18. The van der Waals surface area contributed by atoms with Crippen LogP contribution in [0.5, 0.6) is 0 Å². The summed E-state index contributed by atoms with van der Waals surface area (Å²) in [4.78, 5) is 19.1. The zero-order valence-electron chi connectivity index (χ0n) is 14.0. The summed E-state index contributed by atoms with van der Waals surface area (Å²) in [5.74, 6) is 0.575. The number of fused-ring (bicyclic) bond motifs is 1. The lowest BCUT2D eigenvalue weighted by molar-refractivity contribution is -0.126. The Balaban J connectivity index is 1.37. The number of hydrogen-bond acceptors (Lipinski definition) is 3. The Bertz CT molecular complexity index is 859. The number of carbonyl (C=O) groups excluding carboxylic acids is 1. The van der Waals surface area contributed by atoms with E-state index in [0.717, 1.165) is 37.0 Å². The van der Waals surface area contributed by atoms with Crippen LogP contribution in [0.3, 0.4) is 0 Å². The van der Waals surface area contributed by atoms with Gasteiger partial charge in [-0.1, -0.05) is 42.5 Å². The molecular formula is C21H20N2OS. The van der Waals surface area contributed by atoms with E-state index in [2.05, 4.69) is 18.2 Å². The SMILES string of the molecule is O=C(/C=C/c1ccccc1)N1CCC(c2nc3ccccc3s2)CC1. The van der Waals surface area contributed by atoms with Crippen LogP contribution in [0.2, 0.25) is 0 Å². The van der Waals surface area contributed by atoms with Crippen LogP contribution in [0.4, 0.5) is 0 Å². The van der Waals surface area contributed by atoms with Gasteiger partial charge in [0.15, 0.2) is 0 Å². The summed E-state index contributed by atoms with van der Waals surface area (Å²) in [5.41, 5.74) is 2.15. The molecule has 0 unspecified atom stereocenters. The molecule has 0 N–H and O–H groups in total. The fourth-order valence-corrected chi connectivity index (χ4v) is 4.39. The summed E-state index contributed by atoms with van der Waals surface area (Å²) < 4.78 is 1.25. The molecule has 0 aliphatic carbocycles. The molecule has 1 aliphatic heterocycles. The van der Waals surface area contributed by atoms with Crippen molar-refractivity contribution in [2.75, 3.05) is 13.1 Å². The van der Waals surface area contributed by atoms with Gasteiger partial charge in [0, 0.05) is 25.1 Å². The van der Waals surface area contributed by atoms with Crippen molar-refractivity contribution in [1.82, 2.24) is 9.88 Å². The van der Waals surface area contributed by atoms with Crippen LogP contribution >= 0.6 is 11.3 Å². The molecule has 1 amide bonds. The predicted molar refractivity (Wildman–Crippen MR) is 104 cm³/mol. The molecular weight excluding hydrogens is 328 g/mol. The van der Waals surface area contributed by atoms with Crippen molar-refractivity contribution in [2.45, 2.75) is 18.8 Å². The van der Waals surface area contributed by atoms with Gasteiger partial charge in [-0.05, 0) is 36.6 Å². The molecule has 4 rings (SSSR count). The maximum atomic E-state index is 12.4. The van der Waals surface area contributed by atoms with Crippen molar-refractivity contribution in [3.63, 3.8) is 0 Å². The maximum Gasteiger partial charge on any atom is 0.246 e. The Morgan fingerprint density at radius 2 is 1.76 bits per heavy atom. The van der Waals surface area contributed by atoms with Gasteiger partial charge in [0.1, 0.15) is 0 Å². The van der Waals surface area contributed by atoms with E-state index in [4.69, 9.17) is 4.98 Å². The van der Waals surface area contributed by atoms with Crippen molar-refractivity contribution >= 4 is 33.5 Å². The van der Waals surface area contributed by atoms with Crippen molar-refractivity contribution in [3.05, 3.63) is 71.2 Å². The van der Waals surface area contributed by atoms with Gasteiger partial charge >= 0.3 is 0 Å². The fraction of sp³-hybridized carbons (Fsp3) is 0.238. The van der Waals surface area contributed by atoms with E-state index < -0.39 is 0 Å². The average Bonchev–Trinajstić information content (AvgIpc) is 3.11. The first-order valence-corrected chi connectivity index (χ1v) is 9.49. The number of thiazole rings is 1. The lowest BCUT2D eigenvalue weighted by atomic mass is 9.97. The molecule has 1 aromatic heterocycles. The van der Waals surface area contributed by atoms with Gasteiger partial charge in [0.05, 0.1) is 15.2 Å². The standard InChI is InChI=1S/C21H20N2OS/c24-20(11-10-16-6-2-1-3-7-16)23-14-12-17(13-15-23)21-22-18-8-4-5-9-19(18)25-21/h1-11,17H,12-15H2/b11-10+. The highest BCUT2D eigenvalue weighted by Gasteiger charge is 2.24. The number of amides is 1. The van der Waals surface area contributed by atoms with Gasteiger partial charge in [-0.15, -0.1) is 11.3 Å². The van der Waals surface area contributed by atoms with Crippen molar-refractivity contribution in [2.24, 2.45) is 0 Å². The van der Waals surface area contributed by atoms with Gasteiger partial charge in [-0.3, -0.25) is 4.79 Å². The topological polar surface area (TPSA) is 33.2 Å². The summed E-state index contributed by atoms with van der Waals surface area (Å²) in [5, 5.41) is 1.22. The molecule has 3 nitrogen and oxygen atoms in total. The van der Waals surface area contributed by atoms with Crippen LogP contribution in [0.1, 0.15) is 29.3 Å². The smallest absolute Gasteiger partial charge is 0.246 e. The Labute approximate surface area is 151 Å². The normalized spacial score (nSPS) is 15.9. The number of likely N-dealkylation sites (tertiary alicyclic amines) is 1. The van der Waals surface area contributed by atoms with Crippen molar-refractivity contribution < 1.29 is 4.79 Å². The minimum Gasteiger partial charge on any atom is -0.339 e. The number of piperidine rings is 1. The van der Waals surface area contributed by atoms with Crippen LogP contribution in [0.15, 0.2) is 60.7 Å². The molecule has 25 heavy (non-hydrogen) atoms. The third-order valence-electron chi connectivity index (χ3n) is 4.68. The van der Waals surface area contributed by atoms with E-state index in [1.54, 1.807) is 17.4 Å². The number of aromatic nitrogens is 1. The molecule has 1 aliphatic rings. The summed E-state index contributed by atoms with van der Waals surface area (Å²) in [7, 11) is 0. The molecule has 126 valence electrons. The van der Waals surface area contributed by atoms with Gasteiger partial charge in [-0.25, -0.2) is 4.98 Å². The monoisotopic (exact) mass is 348 g/mol. The number of carbonyl (C=O) groups is 1. The maximum absolute atomic E-state index is 12.4. The molecule has 2 aromatic carbocycles. The van der Waals surface area contributed by atoms with E-state index in [1.165, 1.54) is 9.71 Å². The van der Waals surface area contributed by atoms with Gasteiger partial charge in [0.25, 0.3) is 0 Å². The number of para-hydroxylation sites is 1. The Morgan fingerprint density at radius 3 is 2.52 bits per heavy atom. The lowest BCUT2D eigenvalue weighted by Gasteiger charge is -2.30. The molecule has 2 heterocycles. The number of rotatable bonds is 3. The predicted octanol–water partition coefficient (Wildman–Crippen LogP) is 4.72. The first-order valence-electron chi connectivity index (χ1n) is 8.67. The van der Waals surface area contributed by atoms with Gasteiger partial charge in [-0.2, -0.15) is 0 Å². The van der Waals surface area contributed by atoms with Crippen LogP contribution in [0.25, 0.3) is 16.3 Å². The fourth-order valence-electron chi connectivity index (χ4n) is 3.25. The van der Waals surface area contributed by atoms with Gasteiger partial charge in [0.2, 0.25) is 5.91 Å². The van der Waals surface area contributed by atoms with E-state index in [-0.39, 0.29) is 5.91 Å². The molecule has 1 saturated heterocycles. The summed E-state index contributed by atoms with van der Waals surface area (Å²) in [6.07, 6.45) is 5.56. The Hall–Kier alpha value is -2.46. The van der Waals surface area contributed by atoms with Crippen LogP contribution in [0, 0.1) is 0 Å². The first-order chi connectivity index (χ1) is 12.3. The molecule has 0 radical (unpaired) electrons. The van der Waals surface area contributed by atoms with E-state index in [0.29, 0.717) is 5.92 Å². The summed E-state index contributed by atoms with van der Waals surface area (Å²) >= 11 is 1.79. The third kappa shape index (κ3) is 3.64. The van der Waals surface area contributed by atoms with E-state index >= 15 is 0 Å². The van der Waals surface area contributed by atoms with Crippen LogP contribution in [-0.4, -0.2) is 28.9 Å². The number of nitrogens with zero attached hydrogens (tertiary/aromatic N) is 2. The summed E-state index contributed by atoms with van der Waals surface area (Å²) in [6.45, 7) is 1.61. The zero-order chi connectivity index (χ0) is 17.1. The van der Waals surface area contributed by atoms with Crippen molar-refractivity contribution in [1.29, 1.82) is 0 Å². The second-order valence-electron chi connectivity index (χ2n) is 6.36. The minimum absolute atomic E-state index is 0.103. The second kappa shape index (κ2) is 7.19. The van der Waals surface area contributed by atoms with Crippen LogP contribution in [-0.2, 0) is 4.79 Å². The van der Waals surface area contributed by atoms with E-state index in [1.807, 2.05) is 47.4 Å². The molecule has 3 aromatic rings. The van der Waals surface area contributed by atoms with E-state index in [9.17, 15) is 4.79 Å². The zero-order valence-corrected chi connectivity index (χ0v) is 14.8. The highest BCUT2D eigenvalue weighted by atomic mass is 32.1. The minimum atomic E-state index is 0.103. The number of benzene rings is 2. The largest absolute Gasteiger partial charge is 0.339 e.